The summed E-state index contributed by atoms with van der Waals surface area (Å²) in [6.45, 7) is 0. The zero-order valence-electron chi connectivity index (χ0n) is 3.53. The van der Waals surface area contributed by atoms with Crippen molar-refractivity contribution in [1.82, 2.24) is 0 Å². The van der Waals surface area contributed by atoms with Crippen molar-refractivity contribution in [2.24, 2.45) is 0 Å². The summed E-state index contributed by atoms with van der Waals surface area (Å²) in [4.78, 5) is 0. The summed E-state index contributed by atoms with van der Waals surface area (Å²) in [5, 5.41) is 0. The molecule has 0 saturated carbocycles. The molecule has 0 rings (SSSR count). The van der Waals surface area contributed by atoms with Crippen molar-refractivity contribution in [1.29, 1.82) is 0 Å². The minimum atomic E-state index is -5.25. The van der Waals surface area contributed by atoms with Crippen LogP contribution < -0.4 is 0 Å². The van der Waals surface area contributed by atoms with Crippen molar-refractivity contribution < 1.29 is 62.8 Å². The maximum Gasteiger partial charge on any atom is 0 e. The second-order valence-corrected chi connectivity index (χ2v) is 2.33. The molecule has 0 aliphatic rings. The maximum absolute atomic E-state index is 8.82. The van der Waals surface area contributed by atoms with Crippen LogP contribution in [0.4, 0.5) is 0 Å². The van der Waals surface area contributed by atoms with Gasteiger partial charge in [-0.1, -0.05) is 0 Å². The molecule has 0 aliphatic heterocycles. The Morgan fingerprint density at radius 3 is 1.14 bits per heavy atom. The molecule has 0 atom stereocenters. The Hall–Kier alpha value is 1.58. The second kappa shape index (κ2) is 5.72. The van der Waals surface area contributed by atoms with E-state index in [0.717, 1.165) is 0 Å². The second-order valence-electron chi connectivity index (χ2n) is 0.448. The minimum absolute atomic E-state index is 0. The van der Waals surface area contributed by atoms with Crippen LogP contribution >= 0.6 is 0 Å². The summed E-state index contributed by atoms with van der Waals surface area (Å²) in [5.41, 5.74) is 0. The molecular formula is H2CdO4SeZn. The van der Waals surface area contributed by atoms with E-state index in [1.165, 1.54) is 0 Å². The van der Waals surface area contributed by atoms with Crippen molar-refractivity contribution >= 4 is 13.4 Å². The van der Waals surface area contributed by atoms with Crippen LogP contribution in [0.25, 0.3) is 0 Å². The van der Waals surface area contributed by atoms with Gasteiger partial charge in [0, 0.05) is 46.8 Å². The zero-order valence-corrected chi connectivity index (χ0v) is 12.2. The van der Waals surface area contributed by atoms with Crippen LogP contribution in [0, 0.1) is 0 Å². The van der Waals surface area contributed by atoms with E-state index in [4.69, 9.17) is 16.0 Å². The quantitative estimate of drug-likeness (QED) is 0.519. The number of hydrogen-bond donors (Lipinski definition) is 2. The topological polar surface area (TPSA) is 74.6 Å². The standard InChI is InChI=1S/Cd.H2O4Se.Zn/c;1-5(2,3)4;/h;(H2,1,2,3,4);. The Labute approximate surface area is 75.5 Å². The predicted octanol–water partition coefficient (Wildman–Crippen LogP) is -1.74. The van der Waals surface area contributed by atoms with Gasteiger partial charge in [-0.05, 0) is 0 Å². The largest absolute Gasteiger partial charge is 0 e. The first-order chi connectivity index (χ1) is 2.00. The molecule has 7 heavy (non-hydrogen) atoms. The molecular weight excluding hydrogens is 321 g/mol. The Balaban J connectivity index is -0.0000000800. The first-order valence-corrected chi connectivity index (χ1v) is 3.63. The van der Waals surface area contributed by atoms with Gasteiger partial charge in [-0.3, -0.25) is 0 Å². The Kier molecular flexibility index (Phi) is 12.9. The molecule has 0 radical (unpaired) electrons. The minimum Gasteiger partial charge on any atom is 0 e. The Bertz CT molecular complexity index is 94.9. The monoisotopic (exact) mass is 324 g/mol. The molecule has 4 nitrogen and oxygen atoms in total. The molecule has 0 aromatic carbocycles. The van der Waals surface area contributed by atoms with Gasteiger partial charge in [-0.2, -0.15) is 0 Å². The van der Waals surface area contributed by atoms with E-state index in [0.29, 0.717) is 0 Å². The molecule has 0 amide bonds. The number of rotatable bonds is 0. The summed E-state index contributed by atoms with van der Waals surface area (Å²) in [6, 6.07) is 0. The molecule has 0 spiro atoms. The van der Waals surface area contributed by atoms with E-state index < -0.39 is 13.4 Å². The third kappa shape index (κ3) is 94.2. The molecule has 7 heteroatoms. The van der Waals surface area contributed by atoms with Gasteiger partial charge in [-0.25, -0.2) is 0 Å². The summed E-state index contributed by atoms with van der Waals surface area (Å²) in [7, 11) is 0. The fourth-order valence-electron chi connectivity index (χ4n) is 0. The van der Waals surface area contributed by atoms with E-state index in [2.05, 4.69) is 0 Å². The van der Waals surface area contributed by atoms with Gasteiger partial charge in [0.25, 0.3) is 0 Å². The molecule has 0 fully saturated rings. The van der Waals surface area contributed by atoms with Crippen molar-refractivity contribution in [2.45, 2.75) is 0 Å². The molecule has 0 aromatic rings. The molecule has 0 unspecified atom stereocenters. The van der Waals surface area contributed by atoms with Crippen LogP contribution in [0.15, 0.2) is 0 Å². The molecule has 0 bridgehead atoms. The first kappa shape index (κ1) is 15.8. The SMILES string of the molecule is O=[Se](=O)(O)O.[Cd].[Zn]. The van der Waals surface area contributed by atoms with Gasteiger partial charge >= 0.3 is 29.4 Å². The third-order valence-electron chi connectivity index (χ3n) is 0. The van der Waals surface area contributed by atoms with E-state index >= 15 is 0 Å². The van der Waals surface area contributed by atoms with Crippen molar-refractivity contribution in [3.8, 4) is 0 Å². The van der Waals surface area contributed by atoms with Crippen molar-refractivity contribution in [3.05, 3.63) is 0 Å². The van der Waals surface area contributed by atoms with Crippen LogP contribution in [-0.4, -0.2) is 21.7 Å². The predicted molar refractivity (Wildman–Crippen MR) is 11.6 cm³/mol. The van der Waals surface area contributed by atoms with E-state index in [1.54, 1.807) is 0 Å². The summed E-state index contributed by atoms with van der Waals surface area (Å²) in [5.74, 6) is 0. The van der Waals surface area contributed by atoms with Crippen LogP contribution in [0.2, 0.25) is 0 Å². The van der Waals surface area contributed by atoms with E-state index in [-0.39, 0.29) is 46.8 Å². The van der Waals surface area contributed by atoms with Crippen molar-refractivity contribution in [3.63, 3.8) is 0 Å². The van der Waals surface area contributed by atoms with Crippen LogP contribution in [0.5, 0.6) is 0 Å². The summed E-state index contributed by atoms with van der Waals surface area (Å²) >= 11 is -5.25. The summed E-state index contributed by atoms with van der Waals surface area (Å²) in [6.07, 6.45) is 0. The molecule has 0 heterocycles. The Morgan fingerprint density at radius 1 is 1.14 bits per heavy atom. The molecule has 0 aromatic heterocycles. The van der Waals surface area contributed by atoms with Gasteiger partial charge in [0.2, 0.25) is 0 Å². The fourth-order valence-corrected chi connectivity index (χ4v) is 0. The zero-order chi connectivity index (χ0) is 4.50. The number of hydrogen-bond acceptors (Lipinski definition) is 2. The average molecular weight is 323 g/mol. The van der Waals surface area contributed by atoms with Crippen LogP contribution in [-0.2, 0) is 54.4 Å². The first-order valence-electron chi connectivity index (χ1n) is 0.698. The van der Waals surface area contributed by atoms with Gasteiger partial charge in [0.1, 0.15) is 0 Å². The Morgan fingerprint density at radius 2 is 1.14 bits per heavy atom. The molecule has 0 aliphatic carbocycles. The maximum atomic E-state index is 8.82. The van der Waals surface area contributed by atoms with Gasteiger partial charge in [0.05, 0.1) is 0 Å². The van der Waals surface area contributed by atoms with E-state index in [9.17, 15) is 0 Å². The summed E-state index contributed by atoms with van der Waals surface area (Å²) < 4.78 is 31.9. The van der Waals surface area contributed by atoms with Crippen LogP contribution in [0.3, 0.4) is 0 Å². The normalized spacial score (nSPS) is 8.29. The van der Waals surface area contributed by atoms with Crippen molar-refractivity contribution in [2.75, 3.05) is 0 Å². The molecule has 0 saturated heterocycles. The smallest absolute Gasteiger partial charge is 0 e. The third-order valence-corrected chi connectivity index (χ3v) is 0. The van der Waals surface area contributed by atoms with Crippen LogP contribution in [0.1, 0.15) is 0 Å². The van der Waals surface area contributed by atoms with Gasteiger partial charge in [-0.15, -0.1) is 0 Å². The fraction of sp³-hybridized carbons (Fsp3) is 0. The van der Waals surface area contributed by atoms with Gasteiger partial charge < -0.3 is 0 Å². The molecule has 36 valence electrons. The van der Waals surface area contributed by atoms with E-state index in [1.807, 2.05) is 0 Å². The molecule has 2 N–H and O–H groups in total. The average Bonchev–Trinajstić information content (AvgIpc) is 0.722. The van der Waals surface area contributed by atoms with Gasteiger partial charge in [0.15, 0.2) is 0 Å².